The summed E-state index contributed by atoms with van der Waals surface area (Å²) in [6.07, 6.45) is 4.33. The molecular formula is C17H26N2O2. The van der Waals surface area contributed by atoms with Gasteiger partial charge in [-0.3, -0.25) is 4.79 Å². The van der Waals surface area contributed by atoms with Gasteiger partial charge in [-0.1, -0.05) is 32.0 Å². The fourth-order valence-electron chi connectivity index (χ4n) is 2.74. The van der Waals surface area contributed by atoms with E-state index >= 15 is 0 Å². The number of carbonyl (C=O) groups is 1. The molecule has 0 aromatic heterocycles. The lowest BCUT2D eigenvalue weighted by atomic mass is 10.0. The van der Waals surface area contributed by atoms with Crippen molar-refractivity contribution in [3.05, 3.63) is 29.3 Å². The van der Waals surface area contributed by atoms with Crippen LogP contribution in [-0.4, -0.2) is 31.7 Å². The molecule has 0 spiro atoms. The molecule has 1 fully saturated rings. The number of rotatable bonds is 7. The van der Waals surface area contributed by atoms with Gasteiger partial charge in [0, 0.05) is 18.8 Å². The number of ether oxygens (including phenoxy) is 1. The Kier molecular flexibility index (Phi) is 6.21. The minimum Gasteiger partial charge on any atom is -0.377 e. The van der Waals surface area contributed by atoms with Crippen LogP contribution in [0.5, 0.6) is 0 Å². The lowest BCUT2D eigenvalue weighted by Gasteiger charge is -2.15. The first-order valence-corrected chi connectivity index (χ1v) is 7.97. The highest BCUT2D eigenvalue weighted by Gasteiger charge is 2.15. The first-order valence-electron chi connectivity index (χ1n) is 7.97. The molecule has 116 valence electrons. The number of nitrogens with one attached hydrogen (secondary N) is 2. The van der Waals surface area contributed by atoms with E-state index in [2.05, 4.69) is 42.7 Å². The van der Waals surface area contributed by atoms with Gasteiger partial charge in [0.2, 0.25) is 5.91 Å². The van der Waals surface area contributed by atoms with Crippen LogP contribution in [0.3, 0.4) is 0 Å². The van der Waals surface area contributed by atoms with Gasteiger partial charge in [-0.15, -0.1) is 0 Å². The van der Waals surface area contributed by atoms with Gasteiger partial charge in [0.25, 0.3) is 0 Å². The summed E-state index contributed by atoms with van der Waals surface area (Å²) in [5, 5.41) is 6.25. The summed E-state index contributed by atoms with van der Waals surface area (Å²) >= 11 is 0. The summed E-state index contributed by atoms with van der Waals surface area (Å²) in [6.45, 7) is 6.16. The van der Waals surface area contributed by atoms with Gasteiger partial charge in [0.05, 0.1) is 12.6 Å². The molecule has 0 saturated carbocycles. The van der Waals surface area contributed by atoms with Crippen molar-refractivity contribution >= 4 is 11.6 Å². The molecule has 0 radical (unpaired) electrons. The Morgan fingerprint density at radius 2 is 2.00 bits per heavy atom. The molecule has 1 unspecified atom stereocenters. The van der Waals surface area contributed by atoms with Crippen LogP contribution in [0, 0.1) is 0 Å². The van der Waals surface area contributed by atoms with E-state index in [1.807, 2.05) is 0 Å². The standard InChI is InChI=1S/C17H26N2O2/c1-3-13-7-5-8-14(4-2)17(13)19-16(20)12-18-11-15-9-6-10-21-15/h5,7-8,15,18H,3-4,6,9-12H2,1-2H3,(H,19,20). The highest BCUT2D eigenvalue weighted by atomic mass is 16.5. The van der Waals surface area contributed by atoms with Crippen molar-refractivity contribution in [3.63, 3.8) is 0 Å². The molecule has 1 amide bonds. The largest absolute Gasteiger partial charge is 0.377 e. The monoisotopic (exact) mass is 290 g/mol. The van der Waals surface area contributed by atoms with Gasteiger partial charge in [-0.2, -0.15) is 0 Å². The molecule has 1 aromatic carbocycles. The highest BCUT2D eigenvalue weighted by Crippen LogP contribution is 2.22. The summed E-state index contributed by atoms with van der Waals surface area (Å²) in [6, 6.07) is 6.21. The molecule has 2 N–H and O–H groups in total. The predicted octanol–water partition coefficient (Wildman–Crippen LogP) is 2.52. The van der Waals surface area contributed by atoms with Crippen LogP contribution in [0.1, 0.15) is 37.8 Å². The molecule has 4 heteroatoms. The minimum atomic E-state index is 0.0172. The van der Waals surface area contributed by atoms with Crippen LogP contribution in [-0.2, 0) is 22.4 Å². The molecule has 0 aliphatic carbocycles. The average Bonchev–Trinajstić information content (AvgIpc) is 3.00. The number of benzene rings is 1. The van der Waals surface area contributed by atoms with E-state index in [1.54, 1.807) is 0 Å². The third-order valence-corrected chi connectivity index (χ3v) is 3.94. The lowest BCUT2D eigenvalue weighted by Crippen LogP contribution is -2.33. The van der Waals surface area contributed by atoms with E-state index in [-0.39, 0.29) is 12.0 Å². The van der Waals surface area contributed by atoms with Crippen molar-refractivity contribution in [2.75, 3.05) is 25.0 Å². The Hall–Kier alpha value is -1.39. The average molecular weight is 290 g/mol. The second-order valence-electron chi connectivity index (χ2n) is 5.47. The molecule has 0 bridgehead atoms. The molecule has 1 heterocycles. The Labute approximate surface area is 127 Å². The quantitative estimate of drug-likeness (QED) is 0.811. The molecule has 1 aliphatic heterocycles. The lowest BCUT2D eigenvalue weighted by molar-refractivity contribution is -0.115. The highest BCUT2D eigenvalue weighted by molar-refractivity contribution is 5.93. The summed E-state index contributed by atoms with van der Waals surface area (Å²) < 4.78 is 5.53. The Balaban J connectivity index is 1.86. The van der Waals surface area contributed by atoms with Crippen molar-refractivity contribution in [3.8, 4) is 0 Å². The van der Waals surface area contributed by atoms with Gasteiger partial charge < -0.3 is 15.4 Å². The summed E-state index contributed by atoms with van der Waals surface area (Å²) in [7, 11) is 0. The summed E-state index contributed by atoms with van der Waals surface area (Å²) in [5.41, 5.74) is 3.38. The van der Waals surface area contributed by atoms with Gasteiger partial charge in [0.15, 0.2) is 0 Å². The number of carbonyl (C=O) groups excluding carboxylic acids is 1. The van der Waals surface area contributed by atoms with E-state index in [0.717, 1.165) is 44.5 Å². The second kappa shape index (κ2) is 8.15. The number of aryl methyl sites for hydroxylation is 2. The smallest absolute Gasteiger partial charge is 0.238 e. The van der Waals surface area contributed by atoms with Crippen molar-refractivity contribution in [2.45, 2.75) is 45.6 Å². The Bertz CT molecular complexity index is 446. The zero-order valence-corrected chi connectivity index (χ0v) is 13.1. The third-order valence-electron chi connectivity index (χ3n) is 3.94. The van der Waals surface area contributed by atoms with Crippen molar-refractivity contribution in [1.29, 1.82) is 0 Å². The summed E-state index contributed by atoms with van der Waals surface area (Å²) in [5.74, 6) is 0.0172. The van der Waals surface area contributed by atoms with Crippen LogP contribution >= 0.6 is 0 Å². The van der Waals surface area contributed by atoms with E-state index in [4.69, 9.17) is 4.74 Å². The fraction of sp³-hybridized carbons (Fsp3) is 0.588. The molecule has 1 atom stereocenters. The zero-order chi connectivity index (χ0) is 15.1. The first kappa shape index (κ1) is 16.0. The Morgan fingerprint density at radius 1 is 1.29 bits per heavy atom. The minimum absolute atomic E-state index is 0.0172. The van der Waals surface area contributed by atoms with Gasteiger partial charge in [0.1, 0.15) is 0 Å². The SMILES string of the molecule is CCc1cccc(CC)c1NC(=O)CNCC1CCCO1. The maximum atomic E-state index is 12.1. The van der Waals surface area contributed by atoms with E-state index in [0.29, 0.717) is 6.54 Å². The first-order chi connectivity index (χ1) is 10.2. The second-order valence-corrected chi connectivity index (χ2v) is 5.47. The number of amides is 1. The van der Waals surface area contributed by atoms with Gasteiger partial charge in [-0.05, 0) is 36.8 Å². The molecule has 1 aliphatic rings. The Morgan fingerprint density at radius 3 is 2.57 bits per heavy atom. The molecule has 4 nitrogen and oxygen atoms in total. The molecular weight excluding hydrogens is 264 g/mol. The maximum absolute atomic E-state index is 12.1. The normalized spacial score (nSPS) is 17.9. The number of hydrogen-bond acceptors (Lipinski definition) is 3. The van der Waals surface area contributed by atoms with Crippen molar-refractivity contribution < 1.29 is 9.53 Å². The molecule has 1 saturated heterocycles. The molecule has 1 aromatic rings. The summed E-state index contributed by atoms with van der Waals surface area (Å²) in [4.78, 5) is 12.1. The third kappa shape index (κ3) is 4.55. The molecule has 21 heavy (non-hydrogen) atoms. The molecule has 2 rings (SSSR count). The van der Waals surface area contributed by atoms with Gasteiger partial charge in [-0.25, -0.2) is 0 Å². The van der Waals surface area contributed by atoms with E-state index in [1.165, 1.54) is 11.1 Å². The van der Waals surface area contributed by atoms with Crippen LogP contribution in [0.2, 0.25) is 0 Å². The number of hydrogen-bond donors (Lipinski definition) is 2. The number of para-hydroxylation sites is 1. The van der Waals surface area contributed by atoms with Gasteiger partial charge >= 0.3 is 0 Å². The van der Waals surface area contributed by atoms with Crippen LogP contribution in [0.15, 0.2) is 18.2 Å². The van der Waals surface area contributed by atoms with Crippen molar-refractivity contribution in [1.82, 2.24) is 5.32 Å². The van der Waals surface area contributed by atoms with Crippen LogP contribution in [0.25, 0.3) is 0 Å². The van der Waals surface area contributed by atoms with E-state index in [9.17, 15) is 4.79 Å². The maximum Gasteiger partial charge on any atom is 0.238 e. The predicted molar refractivity (Wildman–Crippen MR) is 85.7 cm³/mol. The van der Waals surface area contributed by atoms with Crippen LogP contribution in [0.4, 0.5) is 5.69 Å². The fourth-order valence-corrected chi connectivity index (χ4v) is 2.74. The number of anilines is 1. The zero-order valence-electron chi connectivity index (χ0n) is 13.1. The van der Waals surface area contributed by atoms with Crippen molar-refractivity contribution in [2.24, 2.45) is 0 Å². The van der Waals surface area contributed by atoms with Crippen LogP contribution < -0.4 is 10.6 Å². The van der Waals surface area contributed by atoms with E-state index < -0.39 is 0 Å². The topological polar surface area (TPSA) is 50.4 Å².